The molecule has 1 fully saturated rings. The van der Waals surface area contributed by atoms with Crippen LogP contribution in [0.25, 0.3) is 0 Å². The van der Waals surface area contributed by atoms with E-state index in [0.29, 0.717) is 6.54 Å². The van der Waals surface area contributed by atoms with Gasteiger partial charge in [0.1, 0.15) is 0 Å². The third-order valence-electron chi connectivity index (χ3n) is 3.24. The van der Waals surface area contributed by atoms with Crippen molar-refractivity contribution >= 4 is 5.91 Å². The second kappa shape index (κ2) is 5.21. The van der Waals surface area contributed by atoms with Gasteiger partial charge >= 0.3 is 6.18 Å². The molecule has 1 atom stereocenters. The van der Waals surface area contributed by atoms with Crippen LogP contribution < -0.4 is 0 Å². The first-order valence-electron chi connectivity index (χ1n) is 5.95. The summed E-state index contributed by atoms with van der Waals surface area (Å²) >= 11 is 0. The van der Waals surface area contributed by atoms with Crippen molar-refractivity contribution < 1.29 is 23.1 Å². The Labute approximate surface area is 108 Å². The van der Waals surface area contributed by atoms with E-state index in [1.807, 2.05) is 0 Å². The Morgan fingerprint density at radius 1 is 1.32 bits per heavy atom. The van der Waals surface area contributed by atoms with E-state index in [1.165, 1.54) is 23.1 Å². The molecule has 1 aromatic carbocycles. The van der Waals surface area contributed by atoms with E-state index in [1.54, 1.807) is 0 Å². The van der Waals surface area contributed by atoms with Gasteiger partial charge in [-0.25, -0.2) is 0 Å². The maximum atomic E-state index is 12.8. The molecule has 0 saturated carbocycles. The van der Waals surface area contributed by atoms with Crippen molar-refractivity contribution in [3.63, 3.8) is 0 Å². The smallest absolute Gasteiger partial charge is 0.396 e. The van der Waals surface area contributed by atoms with Gasteiger partial charge in [0.2, 0.25) is 5.91 Å². The fraction of sp³-hybridized carbons (Fsp3) is 0.462. The lowest BCUT2D eigenvalue weighted by Crippen LogP contribution is -2.26. The van der Waals surface area contributed by atoms with E-state index < -0.39 is 11.7 Å². The average molecular weight is 273 g/mol. The molecular weight excluding hydrogens is 259 g/mol. The van der Waals surface area contributed by atoms with Crippen LogP contribution in [0.5, 0.6) is 0 Å². The molecule has 1 heterocycles. The third kappa shape index (κ3) is 3.07. The molecule has 1 N–H and O–H groups in total. The number of halogens is 3. The van der Waals surface area contributed by atoms with Crippen molar-refractivity contribution in [1.29, 1.82) is 0 Å². The minimum atomic E-state index is -4.42. The second-order valence-corrected chi connectivity index (χ2v) is 4.68. The van der Waals surface area contributed by atoms with Crippen LogP contribution in [-0.4, -0.2) is 29.1 Å². The number of alkyl halides is 3. The van der Waals surface area contributed by atoms with Crippen molar-refractivity contribution in [3.05, 3.63) is 35.4 Å². The normalized spacial score (nSPS) is 20.1. The van der Waals surface area contributed by atoms with Crippen LogP contribution in [0.3, 0.4) is 0 Å². The van der Waals surface area contributed by atoms with Crippen LogP contribution in [0.15, 0.2) is 24.3 Å². The fourth-order valence-corrected chi connectivity index (χ4v) is 2.27. The van der Waals surface area contributed by atoms with E-state index in [2.05, 4.69) is 0 Å². The van der Waals surface area contributed by atoms with E-state index in [0.717, 1.165) is 6.07 Å². The number of carbonyl (C=O) groups is 1. The molecule has 1 aliphatic rings. The number of likely N-dealkylation sites (tertiary alicyclic amines) is 1. The van der Waals surface area contributed by atoms with Crippen LogP contribution in [0, 0.1) is 5.92 Å². The van der Waals surface area contributed by atoms with Gasteiger partial charge in [0.15, 0.2) is 0 Å². The average Bonchev–Trinajstić information content (AvgIpc) is 2.70. The van der Waals surface area contributed by atoms with Gasteiger partial charge in [-0.05, 0) is 11.6 Å². The van der Waals surface area contributed by atoms with E-state index in [4.69, 9.17) is 5.11 Å². The molecule has 1 aliphatic heterocycles. The molecule has 2 rings (SSSR count). The van der Waals surface area contributed by atoms with Crippen molar-refractivity contribution in [2.45, 2.75) is 19.1 Å². The molecule has 1 aromatic rings. The molecule has 0 spiro atoms. The van der Waals surface area contributed by atoms with E-state index in [-0.39, 0.29) is 37.0 Å². The molecule has 1 amide bonds. The summed E-state index contributed by atoms with van der Waals surface area (Å²) in [4.78, 5) is 13.0. The maximum Gasteiger partial charge on any atom is 0.416 e. The highest BCUT2D eigenvalue weighted by molar-refractivity contribution is 5.78. The van der Waals surface area contributed by atoms with Gasteiger partial charge in [0.25, 0.3) is 0 Å². The summed E-state index contributed by atoms with van der Waals surface area (Å²) < 4.78 is 38.5. The maximum absolute atomic E-state index is 12.8. The number of benzene rings is 1. The molecule has 104 valence electrons. The van der Waals surface area contributed by atoms with E-state index >= 15 is 0 Å². The van der Waals surface area contributed by atoms with Crippen molar-refractivity contribution in [3.8, 4) is 0 Å². The number of rotatable bonds is 3. The zero-order valence-electron chi connectivity index (χ0n) is 10.2. The van der Waals surface area contributed by atoms with Crippen LogP contribution in [0.4, 0.5) is 13.2 Å². The minimum absolute atomic E-state index is 0.0645. The standard InChI is InChI=1S/C13H14F3NO2/c14-13(15,16)11-4-2-1-3-10(11)7-17-6-9(8-18)5-12(17)19/h1-4,9,18H,5-8H2. The van der Waals surface area contributed by atoms with Gasteiger partial charge < -0.3 is 10.0 Å². The number of carbonyl (C=O) groups excluding carboxylic acids is 1. The lowest BCUT2D eigenvalue weighted by Gasteiger charge is -2.19. The Morgan fingerprint density at radius 2 is 2.00 bits per heavy atom. The Bertz CT molecular complexity index is 473. The summed E-state index contributed by atoms with van der Waals surface area (Å²) in [7, 11) is 0. The van der Waals surface area contributed by atoms with Crippen molar-refractivity contribution in [2.75, 3.05) is 13.2 Å². The van der Waals surface area contributed by atoms with Crippen LogP contribution >= 0.6 is 0 Å². The topological polar surface area (TPSA) is 40.5 Å². The molecule has 0 bridgehead atoms. The Hall–Kier alpha value is -1.56. The van der Waals surface area contributed by atoms with Gasteiger partial charge in [-0.2, -0.15) is 13.2 Å². The van der Waals surface area contributed by atoms with Crippen molar-refractivity contribution in [1.82, 2.24) is 4.90 Å². The summed E-state index contributed by atoms with van der Waals surface area (Å²) in [6, 6.07) is 5.24. The number of hydrogen-bond acceptors (Lipinski definition) is 2. The molecule has 0 radical (unpaired) electrons. The zero-order valence-corrected chi connectivity index (χ0v) is 10.2. The van der Waals surface area contributed by atoms with E-state index in [9.17, 15) is 18.0 Å². The molecule has 1 unspecified atom stereocenters. The second-order valence-electron chi connectivity index (χ2n) is 4.68. The molecule has 3 nitrogen and oxygen atoms in total. The Kier molecular flexibility index (Phi) is 3.80. The minimum Gasteiger partial charge on any atom is -0.396 e. The van der Waals surface area contributed by atoms with Gasteiger partial charge in [0, 0.05) is 32.0 Å². The first-order valence-corrected chi connectivity index (χ1v) is 5.95. The number of amides is 1. The molecule has 1 saturated heterocycles. The van der Waals surface area contributed by atoms with Gasteiger partial charge in [-0.15, -0.1) is 0 Å². The zero-order chi connectivity index (χ0) is 14.0. The molecular formula is C13H14F3NO2. The summed E-state index contributed by atoms with van der Waals surface area (Å²) in [6.45, 7) is 0.121. The first-order chi connectivity index (χ1) is 8.91. The monoisotopic (exact) mass is 273 g/mol. The molecule has 19 heavy (non-hydrogen) atoms. The Morgan fingerprint density at radius 3 is 2.58 bits per heavy atom. The summed E-state index contributed by atoms with van der Waals surface area (Å²) in [5, 5.41) is 8.99. The highest BCUT2D eigenvalue weighted by Crippen LogP contribution is 2.33. The third-order valence-corrected chi connectivity index (χ3v) is 3.24. The number of hydrogen-bond donors (Lipinski definition) is 1. The fourth-order valence-electron chi connectivity index (χ4n) is 2.27. The SMILES string of the molecule is O=C1CC(CO)CN1Cc1ccccc1C(F)(F)F. The molecule has 6 heteroatoms. The predicted octanol–water partition coefficient (Wildman–Crippen LogP) is 2.05. The summed E-state index contributed by atoms with van der Waals surface area (Å²) in [6.07, 6.45) is -4.22. The predicted molar refractivity (Wildman–Crippen MR) is 62.1 cm³/mol. The Balaban J connectivity index is 2.18. The molecule has 0 aliphatic carbocycles. The molecule has 0 aromatic heterocycles. The lowest BCUT2D eigenvalue weighted by atomic mass is 10.1. The van der Waals surface area contributed by atoms with Crippen LogP contribution in [0.2, 0.25) is 0 Å². The largest absolute Gasteiger partial charge is 0.416 e. The van der Waals surface area contributed by atoms with Gasteiger partial charge in [-0.1, -0.05) is 18.2 Å². The highest BCUT2D eigenvalue weighted by Gasteiger charge is 2.35. The first kappa shape index (κ1) is 13.9. The lowest BCUT2D eigenvalue weighted by molar-refractivity contribution is -0.139. The quantitative estimate of drug-likeness (QED) is 0.915. The highest BCUT2D eigenvalue weighted by atomic mass is 19.4. The van der Waals surface area contributed by atoms with Crippen molar-refractivity contribution in [2.24, 2.45) is 5.92 Å². The summed E-state index contributed by atoms with van der Waals surface area (Å²) in [5.41, 5.74) is -0.628. The van der Waals surface area contributed by atoms with Gasteiger partial charge in [-0.3, -0.25) is 4.79 Å². The van der Waals surface area contributed by atoms with Crippen LogP contribution in [-0.2, 0) is 17.5 Å². The van der Waals surface area contributed by atoms with Crippen LogP contribution in [0.1, 0.15) is 17.5 Å². The summed E-state index contributed by atoms with van der Waals surface area (Å²) in [5.74, 6) is -0.387. The number of aliphatic hydroxyl groups is 1. The number of nitrogens with zero attached hydrogens (tertiary/aromatic N) is 1. The number of aliphatic hydroxyl groups excluding tert-OH is 1. The van der Waals surface area contributed by atoms with Gasteiger partial charge in [0.05, 0.1) is 5.56 Å².